The standard InChI is InChI=1S/C25H23N5O3/c26-25(32)21-14-22(28-23(15-21)29-24(31)17-30-10-12-33-13-11-30)20-7-5-18(6-8-20)3-4-19-2-1-9-27-16-19/h1-2,5-9,14-16H,10-13,17H2,(H2,26,32)(H,28,29,31). The van der Waals surface area contributed by atoms with Crippen molar-refractivity contribution in [2.24, 2.45) is 5.73 Å². The average molecular weight is 441 g/mol. The van der Waals surface area contributed by atoms with E-state index in [9.17, 15) is 9.59 Å². The van der Waals surface area contributed by atoms with E-state index in [0.717, 1.165) is 16.7 Å². The van der Waals surface area contributed by atoms with Crippen molar-refractivity contribution in [3.05, 3.63) is 77.6 Å². The Bertz CT molecular complexity index is 1190. The van der Waals surface area contributed by atoms with Crippen LogP contribution in [-0.4, -0.2) is 59.5 Å². The van der Waals surface area contributed by atoms with Gasteiger partial charge >= 0.3 is 0 Å². The van der Waals surface area contributed by atoms with Crippen molar-refractivity contribution in [3.8, 4) is 23.1 Å². The van der Waals surface area contributed by atoms with Crippen LogP contribution < -0.4 is 11.1 Å². The number of carbonyl (C=O) groups excluding carboxylic acids is 2. The molecule has 0 aliphatic carbocycles. The molecule has 0 bridgehead atoms. The van der Waals surface area contributed by atoms with Crippen LogP contribution in [0, 0.1) is 11.8 Å². The van der Waals surface area contributed by atoms with E-state index >= 15 is 0 Å². The second-order valence-electron chi connectivity index (χ2n) is 7.50. The lowest BCUT2D eigenvalue weighted by molar-refractivity contribution is -0.118. The summed E-state index contributed by atoms with van der Waals surface area (Å²) < 4.78 is 5.30. The van der Waals surface area contributed by atoms with Crippen molar-refractivity contribution in [2.45, 2.75) is 0 Å². The van der Waals surface area contributed by atoms with Crippen LogP contribution in [0.1, 0.15) is 21.5 Å². The summed E-state index contributed by atoms with van der Waals surface area (Å²) in [5.41, 5.74) is 8.72. The zero-order valence-electron chi connectivity index (χ0n) is 18.0. The lowest BCUT2D eigenvalue weighted by Gasteiger charge is -2.25. The fraction of sp³-hybridized carbons (Fsp3) is 0.200. The van der Waals surface area contributed by atoms with Gasteiger partial charge in [-0.2, -0.15) is 0 Å². The quantitative estimate of drug-likeness (QED) is 0.586. The number of nitrogens with one attached hydrogen (secondary N) is 1. The zero-order valence-corrected chi connectivity index (χ0v) is 18.0. The molecule has 3 heterocycles. The predicted octanol–water partition coefficient (Wildman–Crippen LogP) is 1.91. The molecule has 0 unspecified atom stereocenters. The van der Waals surface area contributed by atoms with E-state index in [0.29, 0.717) is 32.0 Å². The van der Waals surface area contributed by atoms with Gasteiger partial charge in [-0.1, -0.05) is 24.0 Å². The summed E-state index contributed by atoms with van der Waals surface area (Å²) in [5.74, 6) is 5.62. The van der Waals surface area contributed by atoms with Crippen LogP contribution in [0.15, 0.2) is 60.9 Å². The lowest BCUT2D eigenvalue weighted by Crippen LogP contribution is -2.41. The maximum Gasteiger partial charge on any atom is 0.248 e. The number of anilines is 1. The number of primary amides is 1. The number of benzene rings is 1. The maximum absolute atomic E-state index is 12.5. The van der Waals surface area contributed by atoms with E-state index in [-0.39, 0.29) is 23.8 Å². The maximum atomic E-state index is 12.5. The molecule has 2 amide bonds. The van der Waals surface area contributed by atoms with Gasteiger partial charge < -0.3 is 15.8 Å². The summed E-state index contributed by atoms with van der Waals surface area (Å²) in [7, 11) is 0. The Hall–Kier alpha value is -4.06. The zero-order chi connectivity index (χ0) is 23.0. The summed E-state index contributed by atoms with van der Waals surface area (Å²) in [5, 5.41) is 2.78. The second kappa shape index (κ2) is 10.5. The first-order valence-electron chi connectivity index (χ1n) is 10.5. The molecule has 2 aromatic heterocycles. The summed E-state index contributed by atoms with van der Waals surface area (Å²) >= 11 is 0. The van der Waals surface area contributed by atoms with E-state index in [4.69, 9.17) is 10.5 Å². The van der Waals surface area contributed by atoms with Gasteiger partial charge in [-0.05, 0) is 36.4 Å². The fourth-order valence-corrected chi connectivity index (χ4v) is 3.33. The topological polar surface area (TPSA) is 110 Å². The predicted molar refractivity (Wildman–Crippen MR) is 124 cm³/mol. The van der Waals surface area contributed by atoms with Gasteiger partial charge in [0.1, 0.15) is 5.82 Å². The molecule has 166 valence electrons. The van der Waals surface area contributed by atoms with Gasteiger partial charge in [-0.25, -0.2) is 4.98 Å². The molecule has 8 nitrogen and oxygen atoms in total. The number of nitrogens with two attached hydrogens (primary N) is 1. The first-order chi connectivity index (χ1) is 16.1. The number of carbonyl (C=O) groups is 2. The van der Waals surface area contributed by atoms with Crippen molar-refractivity contribution < 1.29 is 14.3 Å². The van der Waals surface area contributed by atoms with Crippen molar-refractivity contribution in [3.63, 3.8) is 0 Å². The molecule has 1 fully saturated rings. The van der Waals surface area contributed by atoms with Gasteiger partial charge in [0, 0.05) is 47.7 Å². The van der Waals surface area contributed by atoms with Gasteiger partial charge in [0.05, 0.1) is 25.5 Å². The van der Waals surface area contributed by atoms with Crippen molar-refractivity contribution >= 4 is 17.6 Å². The molecule has 33 heavy (non-hydrogen) atoms. The molecule has 1 saturated heterocycles. The summed E-state index contributed by atoms with van der Waals surface area (Å²) in [6.07, 6.45) is 3.40. The fourth-order valence-electron chi connectivity index (χ4n) is 3.33. The van der Waals surface area contributed by atoms with Crippen LogP contribution in [0.4, 0.5) is 5.82 Å². The van der Waals surface area contributed by atoms with Gasteiger partial charge in [-0.3, -0.25) is 19.5 Å². The Kier molecular flexibility index (Phi) is 7.05. The lowest BCUT2D eigenvalue weighted by atomic mass is 10.1. The number of aromatic nitrogens is 2. The average Bonchev–Trinajstić information content (AvgIpc) is 2.84. The Morgan fingerprint density at radius 2 is 1.82 bits per heavy atom. The van der Waals surface area contributed by atoms with Crippen LogP contribution in [0.25, 0.3) is 11.3 Å². The van der Waals surface area contributed by atoms with Crippen LogP contribution in [0.3, 0.4) is 0 Å². The highest BCUT2D eigenvalue weighted by atomic mass is 16.5. The molecule has 1 aliphatic rings. The van der Waals surface area contributed by atoms with Crippen molar-refractivity contribution in [1.82, 2.24) is 14.9 Å². The van der Waals surface area contributed by atoms with E-state index in [1.54, 1.807) is 18.5 Å². The third kappa shape index (κ3) is 6.23. The number of nitrogens with zero attached hydrogens (tertiary/aromatic N) is 3. The number of hydrogen-bond donors (Lipinski definition) is 2. The monoisotopic (exact) mass is 441 g/mol. The first-order valence-corrected chi connectivity index (χ1v) is 10.5. The Morgan fingerprint density at radius 3 is 2.52 bits per heavy atom. The molecular formula is C25H23N5O3. The van der Waals surface area contributed by atoms with E-state index in [2.05, 4.69) is 27.1 Å². The smallest absolute Gasteiger partial charge is 0.248 e. The Labute approximate surface area is 191 Å². The highest BCUT2D eigenvalue weighted by Gasteiger charge is 2.16. The Balaban J connectivity index is 1.52. The minimum atomic E-state index is -0.596. The number of pyridine rings is 2. The van der Waals surface area contributed by atoms with Gasteiger partial charge in [-0.15, -0.1) is 0 Å². The van der Waals surface area contributed by atoms with Gasteiger partial charge in [0.15, 0.2) is 0 Å². The summed E-state index contributed by atoms with van der Waals surface area (Å²) in [4.78, 5) is 34.9. The van der Waals surface area contributed by atoms with E-state index < -0.39 is 5.91 Å². The molecule has 0 spiro atoms. The third-order valence-corrected chi connectivity index (χ3v) is 5.04. The Morgan fingerprint density at radius 1 is 1.06 bits per heavy atom. The number of hydrogen-bond acceptors (Lipinski definition) is 6. The molecule has 4 rings (SSSR count). The molecular weight excluding hydrogens is 418 g/mol. The summed E-state index contributed by atoms with van der Waals surface area (Å²) in [6, 6.07) is 14.3. The normalized spacial score (nSPS) is 13.6. The molecule has 8 heteroatoms. The first kappa shape index (κ1) is 22.1. The van der Waals surface area contributed by atoms with Crippen molar-refractivity contribution in [1.29, 1.82) is 0 Å². The van der Waals surface area contributed by atoms with Gasteiger partial charge in [0.25, 0.3) is 0 Å². The van der Waals surface area contributed by atoms with E-state index in [1.807, 2.05) is 41.3 Å². The van der Waals surface area contributed by atoms with Crippen LogP contribution in [0.5, 0.6) is 0 Å². The number of ether oxygens (including phenoxy) is 1. The molecule has 0 atom stereocenters. The summed E-state index contributed by atoms with van der Waals surface area (Å²) in [6.45, 7) is 2.84. The van der Waals surface area contributed by atoms with E-state index in [1.165, 1.54) is 6.07 Å². The molecule has 0 radical (unpaired) electrons. The highest BCUT2D eigenvalue weighted by molar-refractivity contribution is 5.97. The van der Waals surface area contributed by atoms with Crippen LogP contribution in [-0.2, 0) is 9.53 Å². The molecule has 1 aromatic carbocycles. The van der Waals surface area contributed by atoms with Gasteiger partial charge in [0.2, 0.25) is 11.8 Å². The minimum absolute atomic E-state index is 0.210. The third-order valence-electron chi connectivity index (χ3n) is 5.04. The molecule has 3 N–H and O–H groups in total. The number of amides is 2. The number of morpholine rings is 1. The van der Waals surface area contributed by atoms with Crippen molar-refractivity contribution in [2.75, 3.05) is 38.2 Å². The minimum Gasteiger partial charge on any atom is -0.379 e. The van der Waals surface area contributed by atoms with Crippen LogP contribution in [0.2, 0.25) is 0 Å². The highest BCUT2D eigenvalue weighted by Crippen LogP contribution is 2.22. The molecule has 1 aliphatic heterocycles. The molecule has 0 saturated carbocycles. The SMILES string of the molecule is NC(=O)c1cc(NC(=O)CN2CCOCC2)nc(-c2ccc(C#Cc3cccnc3)cc2)c1. The largest absolute Gasteiger partial charge is 0.379 e. The second-order valence-corrected chi connectivity index (χ2v) is 7.50. The van der Waals surface area contributed by atoms with Crippen LogP contribution >= 0.6 is 0 Å². The number of rotatable bonds is 5. The molecule has 3 aromatic rings.